The van der Waals surface area contributed by atoms with Crippen LogP contribution in [0, 0.1) is 0 Å². The van der Waals surface area contributed by atoms with Crippen LogP contribution in [0.2, 0.25) is 0 Å². The Bertz CT molecular complexity index is 773. The van der Waals surface area contributed by atoms with Crippen LogP contribution in [0.4, 0.5) is 23.0 Å². The fraction of sp³-hybridized carbons (Fsp3) is 0.250. The Morgan fingerprint density at radius 3 is 2.08 bits per heavy atom. The summed E-state index contributed by atoms with van der Waals surface area (Å²) in [6.07, 6.45) is 1.36. The highest BCUT2D eigenvalue weighted by molar-refractivity contribution is 5.97. The topological polar surface area (TPSA) is 120 Å². The Labute approximate surface area is 144 Å². The highest BCUT2D eigenvalue weighted by atomic mass is 16.5. The van der Waals surface area contributed by atoms with Crippen molar-refractivity contribution in [1.29, 1.82) is 0 Å². The second kappa shape index (κ2) is 7.47. The molecule has 0 radical (unpaired) electrons. The van der Waals surface area contributed by atoms with E-state index in [1.165, 1.54) is 38.7 Å². The van der Waals surface area contributed by atoms with Crippen molar-refractivity contribution in [2.75, 3.05) is 44.3 Å². The van der Waals surface area contributed by atoms with Gasteiger partial charge < -0.3 is 25.4 Å². The number of anilines is 4. The number of carbonyl (C=O) groups is 2. The quantitative estimate of drug-likeness (QED) is 0.775. The number of methoxy groups -OCH3 is 2. The van der Waals surface area contributed by atoms with Gasteiger partial charge in [0.2, 0.25) is 0 Å². The number of nitrogens with one attached hydrogen (secondary N) is 1. The summed E-state index contributed by atoms with van der Waals surface area (Å²) in [5.41, 5.74) is 7.20. The molecule has 3 N–H and O–H groups in total. The van der Waals surface area contributed by atoms with Crippen molar-refractivity contribution < 1.29 is 19.1 Å². The highest BCUT2D eigenvalue weighted by Gasteiger charge is 2.16. The molecule has 0 aliphatic heterocycles. The van der Waals surface area contributed by atoms with Crippen LogP contribution in [0.5, 0.6) is 0 Å². The Morgan fingerprint density at radius 2 is 1.60 bits per heavy atom. The van der Waals surface area contributed by atoms with E-state index in [9.17, 15) is 9.59 Å². The van der Waals surface area contributed by atoms with E-state index in [1.807, 2.05) is 0 Å². The molecule has 0 bridgehead atoms. The van der Waals surface area contributed by atoms with E-state index in [4.69, 9.17) is 15.2 Å². The highest BCUT2D eigenvalue weighted by Crippen LogP contribution is 2.28. The van der Waals surface area contributed by atoms with E-state index < -0.39 is 11.9 Å². The first-order chi connectivity index (χ1) is 11.9. The third-order valence-corrected chi connectivity index (χ3v) is 3.32. The maximum Gasteiger partial charge on any atom is 0.337 e. The van der Waals surface area contributed by atoms with Gasteiger partial charge in [-0.15, -0.1) is 0 Å². The molecule has 0 unspecified atom stereocenters. The van der Waals surface area contributed by atoms with Crippen molar-refractivity contribution in [3.63, 3.8) is 0 Å². The summed E-state index contributed by atoms with van der Waals surface area (Å²) in [7, 11) is 6.11. The summed E-state index contributed by atoms with van der Waals surface area (Å²) in [6, 6.07) is 4.43. The van der Waals surface area contributed by atoms with Crippen molar-refractivity contribution in [2.24, 2.45) is 0 Å². The average Bonchev–Trinajstić information content (AvgIpc) is 2.61. The Kier molecular flexibility index (Phi) is 5.38. The van der Waals surface area contributed by atoms with Gasteiger partial charge >= 0.3 is 11.9 Å². The summed E-state index contributed by atoms with van der Waals surface area (Å²) in [5.74, 6) is -0.289. The fourth-order valence-corrected chi connectivity index (χ4v) is 2.15. The monoisotopic (exact) mass is 345 g/mol. The van der Waals surface area contributed by atoms with Crippen LogP contribution >= 0.6 is 0 Å². The van der Waals surface area contributed by atoms with E-state index in [1.54, 1.807) is 19.0 Å². The second-order valence-electron chi connectivity index (χ2n) is 5.26. The van der Waals surface area contributed by atoms with Crippen LogP contribution in [0.3, 0.4) is 0 Å². The van der Waals surface area contributed by atoms with E-state index in [0.29, 0.717) is 23.0 Å². The number of carbonyl (C=O) groups excluding carboxylic acids is 2. The lowest BCUT2D eigenvalue weighted by molar-refractivity contribution is 0.0599. The molecule has 0 atom stereocenters. The second-order valence-corrected chi connectivity index (χ2v) is 5.26. The van der Waals surface area contributed by atoms with Crippen molar-refractivity contribution >= 4 is 34.9 Å². The Morgan fingerprint density at radius 1 is 1.04 bits per heavy atom. The van der Waals surface area contributed by atoms with E-state index >= 15 is 0 Å². The lowest BCUT2D eigenvalue weighted by Gasteiger charge is -2.16. The lowest BCUT2D eigenvalue weighted by atomic mass is 10.1. The van der Waals surface area contributed by atoms with Gasteiger partial charge in [-0.3, -0.25) is 0 Å². The van der Waals surface area contributed by atoms with Gasteiger partial charge in [-0.05, 0) is 18.2 Å². The molecule has 2 aromatic rings. The van der Waals surface area contributed by atoms with Crippen LogP contribution in [-0.4, -0.2) is 50.2 Å². The molecule has 1 aromatic heterocycles. The third kappa shape index (κ3) is 3.94. The molecule has 0 aliphatic rings. The maximum absolute atomic E-state index is 11.8. The van der Waals surface area contributed by atoms with Gasteiger partial charge in [-0.1, -0.05) is 0 Å². The largest absolute Gasteiger partial charge is 0.465 e. The van der Waals surface area contributed by atoms with Gasteiger partial charge in [-0.25, -0.2) is 19.6 Å². The van der Waals surface area contributed by atoms with Gasteiger partial charge in [0.25, 0.3) is 0 Å². The van der Waals surface area contributed by atoms with Gasteiger partial charge in [0.15, 0.2) is 11.6 Å². The van der Waals surface area contributed by atoms with Crippen LogP contribution in [0.1, 0.15) is 20.7 Å². The Hall–Kier alpha value is -3.36. The zero-order chi connectivity index (χ0) is 18.6. The van der Waals surface area contributed by atoms with Crippen LogP contribution in [-0.2, 0) is 9.47 Å². The lowest BCUT2D eigenvalue weighted by Crippen LogP contribution is -2.15. The summed E-state index contributed by atoms with van der Waals surface area (Å²) in [4.78, 5) is 33.6. The molecule has 1 aromatic carbocycles. The van der Waals surface area contributed by atoms with Crippen molar-refractivity contribution in [1.82, 2.24) is 9.97 Å². The van der Waals surface area contributed by atoms with E-state index in [-0.39, 0.29) is 11.1 Å². The molecular weight excluding hydrogens is 326 g/mol. The number of nitrogens with zero attached hydrogens (tertiary/aromatic N) is 3. The van der Waals surface area contributed by atoms with Crippen molar-refractivity contribution in [3.05, 3.63) is 35.7 Å². The minimum Gasteiger partial charge on any atom is -0.465 e. The maximum atomic E-state index is 11.8. The smallest absolute Gasteiger partial charge is 0.337 e. The van der Waals surface area contributed by atoms with Crippen LogP contribution in [0.25, 0.3) is 0 Å². The molecule has 0 amide bonds. The zero-order valence-electron chi connectivity index (χ0n) is 14.4. The minimum atomic E-state index is -0.585. The predicted octanol–water partition coefficient (Wildman–Crippen LogP) is 1.44. The fourth-order valence-electron chi connectivity index (χ4n) is 2.15. The number of esters is 2. The van der Waals surface area contributed by atoms with Crippen LogP contribution in [0.15, 0.2) is 24.5 Å². The normalized spacial score (nSPS) is 10.1. The Balaban J connectivity index is 2.47. The summed E-state index contributed by atoms with van der Waals surface area (Å²) < 4.78 is 9.42. The number of rotatable bonds is 5. The number of hydrogen-bond acceptors (Lipinski definition) is 9. The average molecular weight is 345 g/mol. The molecule has 0 saturated heterocycles. The number of nitrogens with two attached hydrogens (primary N) is 1. The van der Waals surface area contributed by atoms with E-state index in [2.05, 4.69) is 15.3 Å². The van der Waals surface area contributed by atoms with Gasteiger partial charge in [-0.2, -0.15) is 0 Å². The van der Waals surface area contributed by atoms with E-state index in [0.717, 1.165) is 0 Å². The number of aromatic nitrogens is 2. The number of ether oxygens (including phenoxy) is 2. The summed E-state index contributed by atoms with van der Waals surface area (Å²) >= 11 is 0. The first-order valence-electron chi connectivity index (χ1n) is 7.24. The van der Waals surface area contributed by atoms with Gasteiger partial charge in [0.05, 0.1) is 25.3 Å². The molecule has 132 valence electrons. The first-order valence-corrected chi connectivity index (χ1v) is 7.24. The molecule has 1 heterocycles. The predicted molar refractivity (Wildman–Crippen MR) is 93.2 cm³/mol. The molecule has 25 heavy (non-hydrogen) atoms. The molecule has 9 heteroatoms. The molecule has 0 spiro atoms. The SMILES string of the molecule is COC(=O)c1cc(Nc2ncnc(N(C)C)c2N)cc(C(=O)OC)c1. The minimum absolute atomic E-state index is 0.188. The third-order valence-electron chi connectivity index (χ3n) is 3.32. The molecule has 0 aliphatic carbocycles. The number of benzene rings is 1. The molecule has 9 nitrogen and oxygen atoms in total. The zero-order valence-corrected chi connectivity index (χ0v) is 14.4. The number of nitrogen functional groups attached to an aromatic ring is 1. The van der Waals surface area contributed by atoms with Gasteiger partial charge in [0.1, 0.15) is 12.0 Å². The molecule has 0 fully saturated rings. The van der Waals surface area contributed by atoms with Crippen LogP contribution < -0.4 is 16.0 Å². The molecule has 2 rings (SSSR count). The summed E-state index contributed by atoms with van der Waals surface area (Å²) in [6.45, 7) is 0. The number of hydrogen-bond donors (Lipinski definition) is 2. The standard InChI is InChI=1S/C16H19N5O4/c1-21(2)14-12(17)13(18-8-19-14)20-11-6-9(15(22)24-3)5-10(7-11)16(23)25-4/h5-8H,17H2,1-4H3,(H,18,19,20). The van der Waals surface area contributed by atoms with Crippen molar-refractivity contribution in [2.45, 2.75) is 0 Å². The molecule has 0 saturated carbocycles. The first kappa shape index (κ1) is 18.0. The van der Waals surface area contributed by atoms with Crippen molar-refractivity contribution in [3.8, 4) is 0 Å². The molecular formula is C16H19N5O4. The van der Waals surface area contributed by atoms with Gasteiger partial charge in [0, 0.05) is 19.8 Å². The summed E-state index contributed by atoms with van der Waals surface area (Å²) in [5, 5.41) is 2.99.